The molecular formula is C13H21N3O2. The van der Waals surface area contributed by atoms with E-state index in [2.05, 4.69) is 23.9 Å². The molecule has 0 aliphatic heterocycles. The molecule has 0 unspecified atom stereocenters. The van der Waals surface area contributed by atoms with E-state index in [-0.39, 0.29) is 12.2 Å². The molecule has 0 radical (unpaired) electrons. The summed E-state index contributed by atoms with van der Waals surface area (Å²) in [6, 6.07) is 0. The largest absolute Gasteiger partial charge is 0.382 e. The Labute approximate surface area is 107 Å². The predicted octanol–water partition coefficient (Wildman–Crippen LogP) is 1.35. The minimum Gasteiger partial charge on any atom is -0.382 e. The Balaban J connectivity index is 2.05. The molecule has 1 heterocycles. The zero-order chi connectivity index (χ0) is 13.2. The average Bonchev–Trinajstić information content (AvgIpc) is 2.89. The number of rotatable bonds is 5. The minimum absolute atomic E-state index is 0.113. The third-order valence-corrected chi connectivity index (χ3v) is 3.50. The second-order valence-corrected chi connectivity index (χ2v) is 5.59. The van der Waals surface area contributed by atoms with Crippen molar-refractivity contribution in [3.63, 3.8) is 0 Å². The van der Waals surface area contributed by atoms with Crippen LogP contribution in [0.2, 0.25) is 0 Å². The molecule has 1 aliphatic rings. The quantitative estimate of drug-likeness (QED) is 0.857. The van der Waals surface area contributed by atoms with Crippen LogP contribution in [0.1, 0.15) is 45.4 Å². The van der Waals surface area contributed by atoms with Crippen LogP contribution in [-0.2, 0) is 17.8 Å². The maximum absolute atomic E-state index is 12.1. The highest BCUT2D eigenvalue weighted by molar-refractivity contribution is 5.88. The number of aliphatic hydroxyl groups is 1. The van der Waals surface area contributed by atoms with Gasteiger partial charge in [0.1, 0.15) is 17.8 Å². The fourth-order valence-corrected chi connectivity index (χ4v) is 2.47. The van der Waals surface area contributed by atoms with E-state index in [1.54, 1.807) is 4.68 Å². The monoisotopic (exact) mass is 251 g/mol. The van der Waals surface area contributed by atoms with Gasteiger partial charge in [0.2, 0.25) is 0 Å². The zero-order valence-electron chi connectivity index (χ0n) is 11.1. The molecule has 0 atom stereocenters. The maximum Gasteiger partial charge on any atom is 0.171 e. The molecule has 0 bridgehead atoms. The van der Waals surface area contributed by atoms with Gasteiger partial charge in [-0.2, -0.15) is 5.10 Å². The molecule has 1 saturated carbocycles. The summed E-state index contributed by atoms with van der Waals surface area (Å²) in [7, 11) is 0. The van der Waals surface area contributed by atoms with E-state index < -0.39 is 5.60 Å². The number of aromatic nitrogens is 3. The summed E-state index contributed by atoms with van der Waals surface area (Å²) in [5.41, 5.74) is -1.12. The zero-order valence-corrected chi connectivity index (χ0v) is 11.1. The molecule has 1 aliphatic carbocycles. The summed E-state index contributed by atoms with van der Waals surface area (Å²) < 4.78 is 1.76. The molecular weight excluding hydrogens is 230 g/mol. The average molecular weight is 251 g/mol. The lowest BCUT2D eigenvalue weighted by Crippen LogP contribution is -2.37. The number of nitrogens with zero attached hydrogens (tertiary/aromatic N) is 3. The SMILES string of the molecule is CC(C)Cn1ncnc1CC(=O)C1(O)CCCC1. The van der Waals surface area contributed by atoms with Crippen molar-refractivity contribution in [2.75, 3.05) is 0 Å². The van der Waals surface area contributed by atoms with Gasteiger partial charge in [-0.3, -0.25) is 4.79 Å². The van der Waals surface area contributed by atoms with Gasteiger partial charge in [-0.1, -0.05) is 13.8 Å². The second kappa shape index (κ2) is 5.18. The molecule has 0 aromatic carbocycles. The Bertz CT molecular complexity index is 420. The Hall–Kier alpha value is -1.23. The summed E-state index contributed by atoms with van der Waals surface area (Å²) in [6.07, 6.45) is 4.70. The van der Waals surface area contributed by atoms with Gasteiger partial charge in [-0.15, -0.1) is 0 Å². The summed E-state index contributed by atoms with van der Waals surface area (Å²) in [5, 5.41) is 14.4. The topological polar surface area (TPSA) is 68.0 Å². The fourth-order valence-electron chi connectivity index (χ4n) is 2.47. The standard InChI is InChI=1S/C13H21N3O2/c1-10(2)8-16-12(14-9-15-16)7-11(17)13(18)5-3-4-6-13/h9-10,18H,3-8H2,1-2H3. The van der Waals surface area contributed by atoms with E-state index in [4.69, 9.17) is 0 Å². The number of hydrogen-bond acceptors (Lipinski definition) is 4. The lowest BCUT2D eigenvalue weighted by atomic mass is 9.94. The van der Waals surface area contributed by atoms with Gasteiger partial charge in [-0.25, -0.2) is 9.67 Å². The first-order chi connectivity index (χ1) is 8.51. The fraction of sp³-hybridized carbons (Fsp3) is 0.769. The van der Waals surface area contributed by atoms with Gasteiger partial charge in [0.05, 0.1) is 6.42 Å². The van der Waals surface area contributed by atoms with E-state index >= 15 is 0 Å². The maximum atomic E-state index is 12.1. The van der Waals surface area contributed by atoms with Crippen LogP contribution < -0.4 is 0 Å². The molecule has 100 valence electrons. The molecule has 1 fully saturated rings. The van der Waals surface area contributed by atoms with Crippen LogP contribution in [0.3, 0.4) is 0 Å². The molecule has 0 saturated heterocycles. The van der Waals surface area contributed by atoms with Gasteiger partial charge < -0.3 is 5.11 Å². The van der Waals surface area contributed by atoms with Crippen LogP contribution in [0.4, 0.5) is 0 Å². The van der Waals surface area contributed by atoms with Crippen molar-refractivity contribution < 1.29 is 9.90 Å². The first-order valence-electron chi connectivity index (χ1n) is 6.63. The van der Waals surface area contributed by atoms with Crippen LogP contribution >= 0.6 is 0 Å². The van der Waals surface area contributed by atoms with E-state index in [1.807, 2.05) is 0 Å². The summed E-state index contributed by atoms with van der Waals surface area (Å²) in [4.78, 5) is 16.3. The predicted molar refractivity (Wildman–Crippen MR) is 67.0 cm³/mol. The molecule has 0 amide bonds. The van der Waals surface area contributed by atoms with E-state index in [0.717, 1.165) is 19.4 Å². The minimum atomic E-state index is -1.12. The van der Waals surface area contributed by atoms with Gasteiger partial charge in [-0.05, 0) is 31.6 Å². The summed E-state index contributed by atoms with van der Waals surface area (Å²) >= 11 is 0. The third-order valence-electron chi connectivity index (χ3n) is 3.50. The molecule has 1 aromatic rings. The van der Waals surface area contributed by atoms with Crippen LogP contribution in [-0.4, -0.2) is 31.3 Å². The van der Waals surface area contributed by atoms with Crippen molar-refractivity contribution in [2.24, 2.45) is 5.92 Å². The van der Waals surface area contributed by atoms with Gasteiger partial charge in [0.25, 0.3) is 0 Å². The number of hydrogen-bond donors (Lipinski definition) is 1. The lowest BCUT2D eigenvalue weighted by Gasteiger charge is -2.20. The highest BCUT2D eigenvalue weighted by Crippen LogP contribution is 2.31. The number of Topliss-reactive ketones (excluding diaryl/α,β-unsaturated/α-hetero) is 1. The van der Waals surface area contributed by atoms with Crippen LogP contribution in [0.5, 0.6) is 0 Å². The van der Waals surface area contributed by atoms with Crippen LogP contribution in [0.25, 0.3) is 0 Å². The van der Waals surface area contributed by atoms with Crippen LogP contribution in [0.15, 0.2) is 6.33 Å². The third kappa shape index (κ3) is 2.77. The van der Waals surface area contributed by atoms with Crippen molar-refractivity contribution in [1.29, 1.82) is 0 Å². The normalized spacial score (nSPS) is 18.4. The Morgan fingerprint density at radius 2 is 2.17 bits per heavy atom. The Kier molecular flexibility index (Phi) is 3.80. The highest BCUT2D eigenvalue weighted by atomic mass is 16.3. The number of carbonyl (C=O) groups is 1. The van der Waals surface area contributed by atoms with Gasteiger partial charge >= 0.3 is 0 Å². The van der Waals surface area contributed by atoms with E-state index in [1.165, 1.54) is 6.33 Å². The molecule has 5 nitrogen and oxygen atoms in total. The first-order valence-corrected chi connectivity index (χ1v) is 6.63. The van der Waals surface area contributed by atoms with Crippen molar-refractivity contribution >= 4 is 5.78 Å². The first kappa shape index (κ1) is 13.2. The number of carbonyl (C=O) groups excluding carboxylic acids is 1. The van der Waals surface area contributed by atoms with Gasteiger partial charge in [0, 0.05) is 6.54 Å². The molecule has 5 heteroatoms. The molecule has 2 rings (SSSR count). The Morgan fingerprint density at radius 3 is 2.78 bits per heavy atom. The lowest BCUT2D eigenvalue weighted by molar-refractivity contribution is -0.136. The number of ketones is 1. The smallest absolute Gasteiger partial charge is 0.171 e. The second-order valence-electron chi connectivity index (χ2n) is 5.59. The molecule has 1 N–H and O–H groups in total. The molecule has 1 aromatic heterocycles. The Morgan fingerprint density at radius 1 is 1.50 bits per heavy atom. The van der Waals surface area contributed by atoms with E-state index in [0.29, 0.717) is 24.6 Å². The van der Waals surface area contributed by atoms with Crippen molar-refractivity contribution in [2.45, 2.75) is 58.1 Å². The highest BCUT2D eigenvalue weighted by Gasteiger charge is 2.38. The van der Waals surface area contributed by atoms with Crippen molar-refractivity contribution in [3.8, 4) is 0 Å². The van der Waals surface area contributed by atoms with Crippen molar-refractivity contribution in [1.82, 2.24) is 14.8 Å². The molecule has 0 spiro atoms. The summed E-state index contributed by atoms with van der Waals surface area (Å²) in [6.45, 7) is 4.94. The van der Waals surface area contributed by atoms with Gasteiger partial charge in [0.15, 0.2) is 5.78 Å². The van der Waals surface area contributed by atoms with Crippen molar-refractivity contribution in [3.05, 3.63) is 12.2 Å². The van der Waals surface area contributed by atoms with Crippen LogP contribution in [0, 0.1) is 5.92 Å². The van der Waals surface area contributed by atoms with E-state index in [9.17, 15) is 9.90 Å². The summed E-state index contributed by atoms with van der Waals surface area (Å²) in [5.74, 6) is 1.00. The molecule has 18 heavy (non-hydrogen) atoms.